The highest BCUT2D eigenvalue weighted by Gasteiger charge is 2.14. The molecule has 3 heteroatoms. The van der Waals surface area contributed by atoms with Gasteiger partial charge < -0.3 is 10.5 Å². The minimum atomic E-state index is 0.226. The molecule has 0 aliphatic rings. The van der Waals surface area contributed by atoms with E-state index in [0.717, 1.165) is 29.2 Å². The van der Waals surface area contributed by atoms with Crippen LogP contribution in [0.3, 0.4) is 0 Å². The number of methoxy groups -OCH3 is 1. The Hall–Kier alpha value is -0.730. The molecule has 2 N–H and O–H groups in total. The Labute approximate surface area is 103 Å². The number of nitrogens with two attached hydrogens (primary N) is 1. The van der Waals surface area contributed by atoms with E-state index in [2.05, 4.69) is 13.8 Å². The second kappa shape index (κ2) is 6.12. The molecular formula is C13H20ClNO. The summed E-state index contributed by atoms with van der Waals surface area (Å²) < 4.78 is 5.32. The first-order valence-corrected chi connectivity index (χ1v) is 6.04. The first-order chi connectivity index (χ1) is 7.58. The van der Waals surface area contributed by atoms with Crippen molar-refractivity contribution < 1.29 is 4.74 Å². The molecule has 0 fully saturated rings. The number of hydrogen-bond acceptors (Lipinski definition) is 2. The van der Waals surface area contributed by atoms with E-state index in [1.165, 1.54) is 0 Å². The van der Waals surface area contributed by atoms with E-state index in [1.54, 1.807) is 7.11 Å². The van der Waals surface area contributed by atoms with Gasteiger partial charge in [-0.1, -0.05) is 25.4 Å². The lowest BCUT2D eigenvalue weighted by molar-refractivity contribution is 0.395. The zero-order valence-electron chi connectivity index (χ0n) is 10.2. The third-order valence-corrected chi connectivity index (χ3v) is 3.22. The summed E-state index contributed by atoms with van der Waals surface area (Å²) in [5.41, 5.74) is 7.15. The van der Waals surface area contributed by atoms with Gasteiger partial charge in [-0.05, 0) is 42.5 Å². The lowest BCUT2D eigenvalue weighted by Crippen LogP contribution is -2.28. The van der Waals surface area contributed by atoms with E-state index in [4.69, 9.17) is 22.1 Å². The Bertz CT molecular complexity index is 341. The van der Waals surface area contributed by atoms with Gasteiger partial charge in [0.2, 0.25) is 0 Å². The number of rotatable bonds is 5. The summed E-state index contributed by atoms with van der Waals surface area (Å²) in [5.74, 6) is 1.32. The molecule has 0 radical (unpaired) electrons. The molecule has 0 bridgehead atoms. The van der Waals surface area contributed by atoms with E-state index >= 15 is 0 Å². The lowest BCUT2D eigenvalue weighted by atomic mass is 9.92. The van der Waals surface area contributed by atoms with Crippen molar-refractivity contribution in [2.24, 2.45) is 11.7 Å². The van der Waals surface area contributed by atoms with Gasteiger partial charge in [0.1, 0.15) is 5.75 Å². The first kappa shape index (κ1) is 13.3. The van der Waals surface area contributed by atoms with Crippen molar-refractivity contribution in [3.63, 3.8) is 0 Å². The largest absolute Gasteiger partial charge is 0.496 e. The maximum atomic E-state index is 6.02. The highest BCUT2D eigenvalue weighted by Crippen LogP contribution is 2.26. The molecular weight excluding hydrogens is 222 g/mol. The molecule has 1 rings (SSSR count). The average Bonchev–Trinajstić information content (AvgIpc) is 2.28. The molecule has 0 aliphatic carbocycles. The third-order valence-electron chi connectivity index (χ3n) is 2.99. The molecule has 1 aromatic rings. The molecule has 2 nitrogen and oxygen atoms in total. The van der Waals surface area contributed by atoms with E-state index in [9.17, 15) is 0 Å². The SMILES string of the molecule is CCC(N)C(C)Cc1cc(Cl)ccc1OC. The van der Waals surface area contributed by atoms with Crippen LogP contribution in [-0.2, 0) is 6.42 Å². The smallest absolute Gasteiger partial charge is 0.122 e. The lowest BCUT2D eigenvalue weighted by Gasteiger charge is -2.19. The van der Waals surface area contributed by atoms with Gasteiger partial charge in [-0.3, -0.25) is 0 Å². The van der Waals surface area contributed by atoms with Gasteiger partial charge in [-0.25, -0.2) is 0 Å². The van der Waals surface area contributed by atoms with Gasteiger partial charge in [-0.15, -0.1) is 0 Å². The minimum absolute atomic E-state index is 0.226. The van der Waals surface area contributed by atoms with Crippen molar-refractivity contribution >= 4 is 11.6 Å². The van der Waals surface area contributed by atoms with Crippen LogP contribution < -0.4 is 10.5 Å². The Morgan fingerprint density at radius 1 is 1.44 bits per heavy atom. The maximum Gasteiger partial charge on any atom is 0.122 e. The van der Waals surface area contributed by atoms with Gasteiger partial charge in [0.25, 0.3) is 0 Å². The molecule has 16 heavy (non-hydrogen) atoms. The molecule has 2 unspecified atom stereocenters. The standard InChI is InChI=1S/C13H20ClNO/c1-4-12(15)9(2)7-10-8-11(14)5-6-13(10)16-3/h5-6,8-9,12H,4,7,15H2,1-3H3. The predicted molar refractivity (Wildman–Crippen MR) is 69.1 cm³/mol. The summed E-state index contributed by atoms with van der Waals surface area (Å²) in [7, 11) is 1.68. The van der Waals surface area contributed by atoms with Gasteiger partial charge in [0.15, 0.2) is 0 Å². The fraction of sp³-hybridized carbons (Fsp3) is 0.538. The highest BCUT2D eigenvalue weighted by atomic mass is 35.5. The fourth-order valence-electron chi connectivity index (χ4n) is 1.81. The van der Waals surface area contributed by atoms with Crippen LogP contribution in [0.2, 0.25) is 5.02 Å². The molecule has 90 valence electrons. The van der Waals surface area contributed by atoms with Crippen LogP contribution in [0, 0.1) is 5.92 Å². The predicted octanol–water partition coefficient (Wildman–Crippen LogP) is 3.26. The van der Waals surface area contributed by atoms with Gasteiger partial charge in [-0.2, -0.15) is 0 Å². The summed E-state index contributed by atoms with van der Waals surface area (Å²) in [6, 6.07) is 5.93. The summed E-state index contributed by atoms with van der Waals surface area (Å²) in [5, 5.41) is 0.744. The molecule has 1 aromatic carbocycles. The average molecular weight is 242 g/mol. The molecule has 0 saturated heterocycles. The molecule has 0 spiro atoms. The molecule has 0 aliphatic heterocycles. The Morgan fingerprint density at radius 3 is 2.69 bits per heavy atom. The molecule has 0 saturated carbocycles. The van der Waals surface area contributed by atoms with E-state index in [-0.39, 0.29) is 6.04 Å². The van der Waals surface area contributed by atoms with Crippen LogP contribution in [0.5, 0.6) is 5.75 Å². The maximum absolute atomic E-state index is 6.02. The minimum Gasteiger partial charge on any atom is -0.496 e. The second-order valence-corrected chi connectivity index (χ2v) is 4.65. The summed E-state index contributed by atoms with van der Waals surface area (Å²) in [6.07, 6.45) is 1.89. The van der Waals surface area contributed by atoms with Crippen LogP contribution in [0.1, 0.15) is 25.8 Å². The highest BCUT2D eigenvalue weighted by molar-refractivity contribution is 6.30. The van der Waals surface area contributed by atoms with Crippen molar-refractivity contribution in [1.82, 2.24) is 0 Å². The Balaban J connectivity index is 2.82. The third kappa shape index (κ3) is 3.39. The normalized spacial score (nSPS) is 14.6. The molecule has 0 amide bonds. The first-order valence-electron chi connectivity index (χ1n) is 5.66. The van der Waals surface area contributed by atoms with Crippen molar-refractivity contribution in [1.29, 1.82) is 0 Å². The summed E-state index contributed by atoms with van der Waals surface area (Å²) in [6.45, 7) is 4.27. The van der Waals surface area contributed by atoms with Crippen LogP contribution in [0.15, 0.2) is 18.2 Å². The van der Waals surface area contributed by atoms with Crippen LogP contribution in [0.4, 0.5) is 0 Å². The molecule has 2 atom stereocenters. The monoisotopic (exact) mass is 241 g/mol. The Kier molecular flexibility index (Phi) is 5.10. The van der Waals surface area contributed by atoms with Crippen molar-refractivity contribution in [3.05, 3.63) is 28.8 Å². The van der Waals surface area contributed by atoms with Gasteiger partial charge in [0.05, 0.1) is 7.11 Å². The van der Waals surface area contributed by atoms with Crippen molar-refractivity contribution in [2.45, 2.75) is 32.7 Å². The topological polar surface area (TPSA) is 35.2 Å². The van der Waals surface area contributed by atoms with Gasteiger partial charge in [0, 0.05) is 11.1 Å². The van der Waals surface area contributed by atoms with Crippen molar-refractivity contribution in [2.75, 3.05) is 7.11 Å². The molecule has 0 heterocycles. The number of benzene rings is 1. The van der Waals surface area contributed by atoms with E-state index in [1.807, 2.05) is 18.2 Å². The van der Waals surface area contributed by atoms with Crippen LogP contribution in [0.25, 0.3) is 0 Å². The van der Waals surface area contributed by atoms with Crippen LogP contribution >= 0.6 is 11.6 Å². The summed E-state index contributed by atoms with van der Waals surface area (Å²) in [4.78, 5) is 0. The zero-order chi connectivity index (χ0) is 12.1. The summed E-state index contributed by atoms with van der Waals surface area (Å²) >= 11 is 5.98. The van der Waals surface area contributed by atoms with Gasteiger partial charge >= 0.3 is 0 Å². The number of hydrogen-bond donors (Lipinski definition) is 1. The fourth-order valence-corrected chi connectivity index (χ4v) is 2.00. The number of ether oxygens (including phenoxy) is 1. The zero-order valence-corrected chi connectivity index (χ0v) is 10.9. The van der Waals surface area contributed by atoms with E-state index < -0.39 is 0 Å². The van der Waals surface area contributed by atoms with Crippen LogP contribution in [-0.4, -0.2) is 13.2 Å². The quantitative estimate of drug-likeness (QED) is 0.859. The van der Waals surface area contributed by atoms with E-state index in [0.29, 0.717) is 5.92 Å². The number of halogens is 1. The molecule has 0 aromatic heterocycles. The second-order valence-electron chi connectivity index (χ2n) is 4.21. The Morgan fingerprint density at radius 2 is 2.12 bits per heavy atom. The van der Waals surface area contributed by atoms with Crippen molar-refractivity contribution in [3.8, 4) is 5.75 Å².